The first-order chi connectivity index (χ1) is 8.82. The number of likely N-dealkylation sites (tertiary alicyclic amines) is 1. The van der Waals surface area contributed by atoms with E-state index in [4.69, 9.17) is 0 Å². The topological polar surface area (TPSA) is 88.6 Å². The van der Waals surface area contributed by atoms with Gasteiger partial charge in [-0.15, -0.1) is 0 Å². The molecule has 1 saturated heterocycles. The van der Waals surface area contributed by atoms with Crippen LogP contribution in [0.15, 0.2) is 12.1 Å². The smallest absolute Gasteiger partial charge is 0.323 e. The molecule has 2 heterocycles. The van der Waals surface area contributed by atoms with E-state index in [1.54, 1.807) is 11.8 Å². The van der Waals surface area contributed by atoms with Crippen LogP contribution in [-0.4, -0.2) is 44.1 Å². The molecular weight excluding hydrogens is 250 g/mol. The highest BCUT2D eigenvalue weighted by molar-refractivity contribution is 5.93. The van der Waals surface area contributed by atoms with Crippen molar-refractivity contribution < 1.29 is 14.8 Å². The van der Waals surface area contributed by atoms with Crippen molar-refractivity contribution in [3.8, 4) is 0 Å². The number of piperidine rings is 1. The number of aliphatic hydroxyl groups is 1. The zero-order valence-corrected chi connectivity index (χ0v) is 11.0. The number of nitrogens with zero attached hydrogens (tertiary/aromatic N) is 3. The van der Waals surface area contributed by atoms with Gasteiger partial charge in [-0.3, -0.25) is 4.79 Å². The Hall–Kier alpha value is -1.89. The Morgan fingerprint density at radius 3 is 2.74 bits per heavy atom. The number of β-amino-alcohol motifs (C(OH)–C–C–N with tert-alkyl or cyclic N) is 1. The van der Waals surface area contributed by atoms with Crippen LogP contribution in [0.3, 0.4) is 0 Å². The van der Waals surface area contributed by atoms with Gasteiger partial charge in [0.1, 0.15) is 0 Å². The Morgan fingerprint density at radius 1 is 1.53 bits per heavy atom. The predicted molar refractivity (Wildman–Crippen MR) is 67.8 cm³/mol. The first-order valence-corrected chi connectivity index (χ1v) is 6.13. The van der Waals surface area contributed by atoms with E-state index in [2.05, 4.69) is 0 Å². The summed E-state index contributed by atoms with van der Waals surface area (Å²) in [7, 11) is 1.49. The van der Waals surface area contributed by atoms with E-state index >= 15 is 0 Å². The van der Waals surface area contributed by atoms with Crippen molar-refractivity contribution in [2.24, 2.45) is 7.05 Å². The number of carbonyl (C=O) groups excluding carboxylic acids is 1. The van der Waals surface area contributed by atoms with Gasteiger partial charge in [0.15, 0.2) is 5.69 Å². The minimum absolute atomic E-state index is 0.118. The molecule has 1 N–H and O–H groups in total. The highest BCUT2D eigenvalue weighted by Crippen LogP contribution is 2.23. The van der Waals surface area contributed by atoms with Gasteiger partial charge in [0.05, 0.1) is 12.6 Å². The minimum atomic E-state index is -0.884. The molecule has 1 amide bonds. The molecule has 0 aliphatic carbocycles. The van der Waals surface area contributed by atoms with Crippen LogP contribution in [0.2, 0.25) is 0 Å². The van der Waals surface area contributed by atoms with Gasteiger partial charge in [-0.25, -0.2) is 4.57 Å². The van der Waals surface area contributed by atoms with Gasteiger partial charge in [0, 0.05) is 19.2 Å². The van der Waals surface area contributed by atoms with Gasteiger partial charge in [0.2, 0.25) is 0 Å². The van der Waals surface area contributed by atoms with Crippen LogP contribution < -0.4 is 0 Å². The lowest BCUT2D eigenvalue weighted by atomic mass is 9.95. The fraction of sp³-hybridized carbons (Fsp3) is 0.583. The van der Waals surface area contributed by atoms with Crippen molar-refractivity contribution in [1.29, 1.82) is 0 Å². The monoisotopic (exact) mass is 267 g/mol. The summed E-state index contributed by atoms with van der Waals surface area (Å²) in [6.07, 6.45) is 1.38. The number of aromatic nitrogens is 1. The van der Waals surface area contributed by atoms with Gasteiger partial charge < -0.3 is 20.1 Å². The first-order valence-electron chi connectivity index (χ1n) is 6.13. The third-order valence-corrected chi connectivity index (χ3v) is 3.46. The van der Waals surface area contributed by atoms with Crippen molar-refractivity contribution in [2.45, 2.75) is 25.4 Å². The lowest BCUT2D eigenvalue weighted by Gasteiger charge is -2.36. The maximum absolute atomic E-state index is 12.3. The summed E-state index contributed by atoms with van der Waals surface area (Å²) < 4.78 is 1.27. The molecule has 1 aromatic heterocycles. The van der Waals surface area contributed by atoms with Crippen LogP contribution in [0.4, 0.5) is 5.82 Å². The van der Waals surface area contributed by atoms with Crippen molar-refractivity contribution in [3.05, 3.63) is 27.9 Å². The van der Waals surface area contributed by atoms with Gasteiger partial charge >= 0.3 is 5.82 Å². The lowest BCUT2D eigenvalue weighted by Crippen LogP contribution is -2.48. The molecule has 104 valence electrons. The summed E-state index contributed by atoms with van der Waals surface area (Å²) in [5.41, 5.74) is -0.616. The molecule has 19 heavy (non-hydrogen) atoms. The van der Waals surface area contributed by atoms with E-state index in [0.717, 1.165) is 6.42 Å². The lowest BCUT2D eigenvalue weighted by molar-refractivity contribution is -0.391. The van der Waals surface area contributed by atoms with Crippen LogP contribution in [0.25, 0.3) is 0 Å². The highest BCUT2D eigenvalue weighted by Gasteiger charge is 2.33. The molecule has 0 bridgehead atoms. The van der Waals surface area contributed by atoms with E-state index < -0.39 is 10.5 Å². The zero-order valence-electron chi connectivity index (χ0n) is 11.0. The second-order valence-electron chi connectivity index (χ2n) is 5.22. The number of carbonyl (C=O) groups is 1. The predicted octanol–water partition coefficient (Wildman–Crippen LogP) is 0.920. The van der Waals surface area contributed by atoms with E-state index in [-0.39, 0.29) is 24.0 Å². The summed E-state index contributed by atoms with van der Waals surface area (Å²) in [4.78, 5) is 24.1. The molecule has 0 radical (unpaired) electrons. The molecule has 0 saturated carbocycles. The largest absolute Gasteiger partial charge is 0.388 e. The zero-order chi connectivity index (χ0) is 14.2. The highest BCUT2D eigenvalue weighted by atomic mass is 16.6. The summed E-state index contributed by atoms with van der Waals surface area (Å²) in [5, 5.41) is 20.8. The van der Waals surface area contributed by atoms with Gasteiger partial charge in [0.25, 0.3) is 5.91 Å². The van der Waals surface area contributed by atoms with Crippen molar-refractivity contribution >= 4 is 11.7 Å². The van der Waals surface area contributed by atoms with E-state index in [9.17, 15) is 20.0 Å². The average molecular weight is 267 g/mol. The minimum Gasteiger partial charge on any atom is -0.388 e. The van der Waals surface area contributed by atoms with Crippen molar-refractivity contribution in [3.63, 3.8) is 0 Å². The van der Waals surface area contributed by atoms with Gasteiger partial charge in [-0.1, -0.05) is 0 Å². The maximum Gasteiger partial charge on any atom is 0.323 e. The third kappa shape index (κ3) is 2.60. The second kappa shape index (κ2) is 4.65. The number of hydrogen-bond donors (Lipinski definition) is 1. The summed E-state index contributed by atoms with van der Waals surface area (Å²) in [5.74, 6) is -0.400. The maximum atomic E-state index is 12.3. The SMILES string of the molecule is Cn1c(C(=O)N2CCCC(C)(O)C2)ccc1[N+](=O)[O-]. The average Bonchev–Trinajstić information content (AvgIpc) is 2.69. The number of rotatable bonds is 2. The molecule has 1 aliphatic rings. The molecule has 1 aliphatic heterocycles. The molecule has 2 rings (SSSR count). The Bertz CT molecular complexity index is 521. The summed E-state index contributed by atoms with van der Waals surface area (Å²) in [6, 6.07) is 2.76. The number of amides is 1. The Morgan fingerprint density at radius 2 is 2.21 bits per heavy atom. The molecule has 1 fully saturated rings. The molecule has 7 nitrogen and oxygen atoms in total. The summed E-state index contributed by atoms with van der Waals surface area (Å²) >= 11 is 0. The molecular formula is C12H17N3O4. The standard InChI is InChI=1S/C12H17N3O4/c1-12(17)6-3-7-14(8-12)11(16)9-4-5-10(13(9)2)15(18)19/h4-5,17H,3,6-8H2,1-2H3. The van der Waals surface area contributed by atoms with Gasteiger partial charge in [-0.05, 0) is 30.8 Å². The summed E-state index contributed by atoms with van der Waals surface area (Å²) in [6.45, 7) is 2.51. The van der Waals surface area contributed by atoms with Crippen LogP contribution in [0.1, 0.15) is 30.3 Å². The van der Waals surface area contributed by atoms with E-state index in [1.165, 1.54) is 23.7 Å². The number of hydrogen-bond acceptors (Lipinski definition) is 4. The van der Waals surface area contributed by atoms with E-state index in [0.29, 0.717) is 13.0 Å². The third-order valence-electron chi connectivity index (χ3n) is 3.46. The molecule has 0 spiro atoms. The number of nitro groups is 1. The fourth-order valence-corrected chi connectivity index (χ4v) is 2.45. The molecule has 7 heteroatoms. The molecule has 0 aromatic carbocycles. The Balaban J connectivity index is 2.22. The van der Waals surface area contributed by atoms with E-state index in [1.807, 2.05) is 0 Å². The van der Waals surface area contributed by atoms with Crippen LogP contribution in [0.5, 0.6) is 0 Å². The normalized spacial score (nSPS) is 23.4. The Kier molecular flexibility index (Phi) is 3.32. The van der Waals surface area contributed by atoms with Gasteiger partial charge in [-0.2, -0.15) is 0 Å². The Labute approximate surface area is 110 Å². The second-order valence-corrected chi connectivity index (χ2v) is 5.22. The van der Waals surface area contributed by atoms with Crippen LogP contribution >= 0.6 is 0 Å². The van der Waals surface area contributed by atoms with Crippen LogP contribution in [-0.2, 0) is 7.05 Å². The van der Waals surface area contributed by atoms with Crippen LogP contribution in [0, 0.1) is 10.1 Å². The molecule has 1 aromatic rings. The molecule has 1 unspecified atom stereocenters. The van der Waals surface area contributed by atoms with Crippen molar-refractivity contribution in [2.75, 3.05) is 13.1 Å². The fourth-order valence-electron chi connectivity index (χ4n) is 2.45. The quantitative estimate of drug-likeness (QED) is 0.637. The molecule has 1 atom stereocenters. The first kappa shape index (κ1) is 13.5. The van der Waals surface area contributed by atoms with Crippen molar-refractivity contribution in [1.82, 2.24) is 9.47 Å².